The molecule has 0 aliphatic rings. The van der Waals surface area contributed by atoms with E-state index in [-0.39, 0.29) is 11.2 Å². The molecule has 22 heavy (non-hydrogen) atoms. The van der Waals surface area contributed by atoms with Gasteiger partial charge in [-0.2, -0.15) is 9.61 Å². The third-order valence-electron chi connectivity index (χ3n) is 2.99. The minimum atomic E-state index is -0.627. The average Bonchev–Trinajstić information content (AvgIpc) is 2.92. The van der Waals surface area contributed by atoms with Crippen molar-refractivity contribution in [1.29, 1.82) is 0 Å². The van der Waals surface area contributed by atoms with E-state index in [9.17, 15) is 4.79 Å². The van der Waals surface area contributed by atoms with Crippen LogP contribution in [0, 0.1) is 0 Å². The third kappa shape index (κ3) is 2.24. The molecule has 0 spiro atoms. The number of primary amides is 1. The lowest BCUT2D eigenvalue weighted by molar-refractivity contribution is 0.100. The van der Waals surface area contributed by atoms with E-state index in [0.29, 0.717) is 23.2 Å². The number of nitrogens with two attached hydrogens (primary N) is 2. The fourth-order valence-corrected chi connectivity index (χ4v) is 2.01. The van der Waals surface area contributed by atoms with E-state index in [2.05, 4.69) is 20.4 Å². The lowest BCUT2D eigenvalue weighted by atomic mass is 10.3. The van der Waals surface area contributed by atoms with Crippen molar-refractivity contribution in [2.45, 2.75) is 0 Å². The van der Waals surface area contributed by atoms with E-state index in [4.69, 9.17) is 16.2 Å². The van der Waals surface area contributed by atoms with E-state index in [1.54, 1.807) is 24.4 Å². The Balaban J connectivity index is 2.08. The molecule has 0 bridgehead atoms. The molecule has 112 valence electrons. The zero-order valence-electron chi connectivity index (χ0n) is 11.6. The van der Waals surface area contributed by atoms with Crippen molar-refractivity contribution in [3.8, 4) is 5.88 Å². The molecule has 9 heteroatoms. The van der Waals surface area contributed by atoms with Gasteiger partial charge in [-0.3, -0.25) is 4.79 Å². The quantitative estimate of drug-likeness (QED) is 0.640. The summed E-state index contributed by atoms with van der Waals surface area (Å²) in [5.74, 6) is 0.506. The van der Waals surface area contributed by atoms with Crippen LogP contribution in [0.2, 0.25) is 0 Å². The Morgan fingerprint density at radius 1 is 1.45 bits per heavy atom. The number of fused-ring (bicyclic) bond motifs is 1. The number of nitrogens with one attached hydrogen (secondary N) is 1. The number of carbonyl (C=O) groups excluding carboxylic acids is 1. The molecule has 3 aromatic heterocycles. The highest BCUT2D eigenvalue weighted by molar-refractivity contribution is 5.98. The lowest BCUT2D eigenvalue weighted by Gasteiger charge is -2.10. The molecule has 3 heterocycles. The Morgan fingerprint density at radius 3 is 3.00 bits per heavy atom. The van der Waals surface area contributed by atoms with Crippen molar-refractivity contribution < 1.29 is 9.53 Å². The zero-order valence-corrected chi connectivity index (χ0v) is 11.6. The average molecular weight is 299 g/mol. The highest BCUT2D eigenvalue weighted by atomic mass is 16.5. The molecule has 3 aromatic rings. The predicted octanol–water partition coefficient (Wildman–Crippen LogP) is 0.558. The molecule has 1 amide bonds. The number of anilines is 3. The van der Waals surface area contributed by atoms with Gasteiger partial charge in [0.05, 0.1) is 13.3 Å². The van der Waals surface area contributed by atoms with Crippen LogP contribution < -0.4 is 21.5 Å². The second-order valence-corrected chi connectivity index (χ2v) is 4.41. The summed E-state index contributed by atoms with van der Waals surface area (Å²) in [5, 5.41) is 7.03. The first-order valence-electron chi connectivity index (χ1n) is 6.30. The van der Waals surface area contributed by atoms with Gasteiger partial charge in [-0.1, -0.05) is 0 Å². The summed E-state index contributed by atoms with van der Waals surface area (Å²) in [6, 6.07) is 5.11. The van der Waals surface area contributed by atoms with Gasteiger partial charge in [0.2, 0.25) is 5.88 Å². The predicted molar refractivity (Wildman–Crippen MR) is 80.0 cm³/mol. The van der Waals surface area contributed by atoms with Gasteiger partial charge < -0.3 is 21.5 Å². The summed E-state index contributed by atoms with van der Waals surface area (Å²) in [6.07, 6.45) is 2.94. The largest absolute Gasteiger partial charge is 0.480 e. The summed E-state index contributed by atoms with van der Waals surface area (Å²) < 4.78 is 6.50. The summed E-state index contributed by atoms with van der Waals surface area (Å²) in [6.45, 7) is 0. The molecule has 5 N–H and O–H groups in total. The number of methoxy groups -OCH3 is 1. The van der Waals surface area contributed by atoms with Gasteiger partial charge in [-0.25, -0.2) is 9.97 Å². The molecule has 0 saturated heterocycles. The molecule has 9 nitrogen and oxygen atoms in total. The zero-order chi connectivity index (χ0) is 15.7. The van der Waals surface area contributed by atoms with Gasteiger partial charge in [0.25, 0.3) is 5.91 Å². The smallest absolute Gasteiger partial charge is 0.254 e. The molecule has 0 aromatic carbocycles. The number of carbonyl (C=O) groups is 1. The molecule has 0 aliphatic carbocycles. The molecule has 0 aliphatic heterocycles. The van der Waals surface area contributed by atoms with E-state index in [1.807, 2.05) is 0 Å². The van der Waals surface area contributed by atoms with E-state index in [1.165, 1.54) is 17.8 Å². The number of ether oxygens (including phenoxy) is 1. The molecule has 3 rings (SSSR count). The van der Waals surface area contributed by atoms with Gasteiger partial charge in [-0.05, 0) is 12.1 Å². The SMILES string of the molecule is COc1ncccc1Nc1cc(N)n2ncc(C(N)=O)c2n1. The van der Waals surface area contributed by atoms with Crippen LogP contribution in [0.15, 0.2) is 30.6 Å². The second-order valence-electron chi connectivity index (χ2n) is 4.41. The Morgan fingerprint density at radius 2 is 2.27 bits per heavy atom. The van der Waals surface area contributed by atoms with Crippen molar-refractivity contribution in [2.75, 3.05) is 18.2 Å². The maximum absolute atomic E-state index is 11.4. The fourth-order valence-electron chi connectivity index (χ4n) is 2.01. The number of aromatic nitrogens is 4. The third-order valence-corrected chi connectivity index (χ3v) is 2.99. The van der Waals surface area contributed by atoms with Crippen LogP contribution in [0.4, 0.5) is 17.3 Å². The molecule has 0 radical (unpaired) electrons. The van der Waals surface area contributed by atoms with E-state index in [0.717, 1.165) is 0 Å². The Kier molecular flexibility index (Phi) is 3.22. The summed E-state index contributed by atoms with van der Waals surface area (Å²) in [4.78, 5) is 19.8. The highest BCUT2D eigenvalue weighted by Gasteiger charge is 2.14. The molecule has 0 saturated carbocycles. The number of amides is 1. The minimum absolute atomic E-state index is 0.188. The topological polar surface area (TPSA) is 133 Å². The van der Waals surface area contributed by atoms with Crippen LogP contribution in [-0.4, -0.2) is 32.6 Å². The van der Waals surface area contributed by atoms with E-state index < -0.39 is 5.91 Å². The first-order chi connectivity index (χ1) is 10.6. The van der Waals surface area contributed by atoms with Crippen molar-refractivity contribution in [3.63, 3.8) is 0 Å². The van der Waals surface area contributed by atoms with Gasteiger partial charge in [0.15, 0.2) is 5.65 Å². The lowest BCUT2D eigenvalue weighted by Crippen LogP contribution is -2.12. The van der Waals surface area contributed by atoms with Gasteiger partial charge in [0.1, 0.15) is 22.9 Å². The van der Waals surface area contributed by atoms with Crippen LogP contribution in [0.3, 0.4) is 0 Å². The summed E-state index contributed by atoms with van der Waals surface area (Å²) in [7, 11) is 1.51. The molecular formula is C13H13N7O2. The second kappa shape index (κ2) is 5.20. The van der Waals surface area contributed by atoms with Crippen molar-refractivity contribution in [2.24, 2.45) is 5.73 Å². The van der Waals surface area contributed by atoms with Gasteiger partial charge in [-0.15, -0.1) is 0 Å². The fraction of sp³-hybridized carbons (Fsp3) is 0.0769. The maximum Gasteiger partial charge on any atom is 0.254 e. The number of nitrogen functional groups attached to an aromatic ring is 1. The van der Waals surface area contributed by atoms with Crippen molar-refractivity contribution >= 4 is 28.9 Å². The van der Waals surface area contributed by atoms with Crippen molar-refractivity contribution in [1.82, 2.24) is 19.6 Å². The number of hydrogen-bond donors (Lipinski definition) is 3. The number of rotatable bonds is 4. The van der Waals surface area contributed by atoms with Crippen LogP contribution in [-0.2, 0) is 0 Å². The van der Waals surface area contributed by atoms with E-state index >= 15 is 0 Å². The normalized spacial score (nSPS) is 10.6. The maximum atomic E-state index is 11.4. The van der Waals surface area contributed by atoms with Gasteiger partial charge in [0, 0.05) is 12.3 Å². The summed E-state index contributed by atoms with van der Waals surface area (Å²) in [5.41, 5.74) is 12.3. The molecule has 0 atom stereocenters. The number of pyridine rings is 1. The Labute approximate surface area is 124 Å². The monoisotopic (exact) mass is 299 g/mol. The molecule has 0 unspecified atom stereocenters. The van der Waals surface area contributed by atoms with Crippen LogP contribution in [0.5, 0.6) is 5.88 Å². The Hall–Kier alpha value is -3.36. The van der Waals surface area contributed by atoms with Crippen LogP contribution in [0.25, 0.3) is 5.65 Å². The van der Waals surface area contributed by atoms with Gasteiger partial charge >= 0.3 is 0 Å². The number of hydrogen-bond acceptors (Lipinski definition) is 7. The highest BCUT2D eigenvalue weighted by Crippen LogP contribution is 2.25. The molecule has 0 fully saturated rings. The van der Waals surface area contributed by atoms with Crippen LogP contribution in [0.1, 0.15) is 10.4 Å². The minimum Gasteiger partial charge on any atom is -0.480 e. The van der Waals surface area contributed by atoms with Crippen molar-refractivity contribution in [3.05, 3.63) is 36.2 Å². The molecular weight excluding hydrogens is 286 g/mol. The Bertz CT molecular complexity index is 859. The van der Waals surface area contributed by atoms with Crippen LogP contribution >= 0.6 is 0 Å². The number of nitrogens with zero attached hydrogens (tertiary/aromatic N) is 4. The summed E-state index contributed by atoms with van der Waals surface area (Å²) >= 11 is 0. The first-order valence-corrected chi connectivity index (χ1v) is 6.30. The first kappa shape index (κ1) is 13.6. The standard InChI is InChI=1S/C13H13N7O2/c1-22-13-8(3-2-4-16-13)18-10-5-9(14)20-12(19-10)7(6-17-20)11(15)21/h2-6H,14H2,1H3,(H2,15,21)(H,18,19).